The monoisotopic (exact) mass is 516 g/mol. The van der Waals surface area contributed by atoms with Crippen molar-refractivity contribution in [2.45, 2.75) is 64.4 Å². The van der Waals surface area contributed by atoms with Crippen LogP contribution in [0.5, 0.6) is 0 Å². The number of hydrogen-bond acceptors (Lipinski definition) is 7. The summed E-state index contributed by atoms with van der Waals surface area (Å²) in [6.45, 7) is 8.02. The molecule has 11 heteroatoms. The van der Waals surface area contributed by atoms with E-state index in [4.69, 9.17) is 9.72 Å². The molecule has 0 unspecified atom stereocenters. The fourth-order valence-electron chi connectivity index (χ4n) is 5.03. The van der Waals surface area contributed by atoms with Crippen molar-refractivity contribution < 1.29 is 22.7 Å². The van der Waals surface area contributed by atoms with Crippen molar-refractivity contribution in [2.24, 2.45) is 5.92 Å². The number of carbonyl (C=O) groups excluding carboxylic acids is 1. The van der Waals surface area contributed by atoms with E-state index in [1.54, 1.807) is 0 Å². The predicted octanol–water partition coefficient (Wildman–Crippen LogP) is 4.92. The van der Waals surface area contributed by atoms with Crippen LogP contribution in [0, 0.1) is 5.92 Å². The number of morpholine rings is 1. The Balaban J connectivity index is 1.61. The summed E-state index contributed by atoms with van der Waals surface area (Å²) in [6.07, 6.45) is -0.356. The Morgan fingerprint density at radius 1 is 1.19 bits per heavy atom. The number of nitrogens with zero attached hydrogens (tertiary/aromatic N) is 5. The van der Waals surface area contributed by atoms with Crippen molar-refractivity contribution in [3.8, 4) is 0 Å². The van der Waals surface area contributed by atoms with Crippen molar-refractivity contribution in [3.05, 3.63) is 41.2 Å². The number of carbonyl (C=O) groups is 1. The fourth-order valence-corrected chi connectivity index (χ4v) is 5.03. The topological polar surface area (TPSA) is 85.2 Å². The number of hydrogen-bond donors (Lipinski definition) is 1. The number of benzene rings is 1. The first-order valence-corrected chi connectivity index (χ1v) is 12.6. The number of fused-ring (bicyclic) bond motifs is 1. The molecule has 2 aromatic heterocycles. The molecule has 1 aromatic carbocycles. The zero-order valence-electron chi connectivity index (χ0n) is 21.2. The molecular weight excluding hydrogens is 485 g/mol. The molecule has 0 radical (unpaired) electrons. The maximum atomic E-state index is 13.1. The van der Waals surface area contributed by atoms with Crippen molar-refractivity contribution in [1.29, 1.82) is 0 Å². The molecule has 0 amide bonds. The van der Waals surface area contributed by atoms with E-state index in [1.807, 2.05) is 18.4 Å². The maximum Gasteiger partial charge on any atom is 0.416 e. The normalized spacial score (nSPS) is 19.0. The second kappa shape index (κ2) is 9.59. The minimum Gasteiger partial charge on any atom is -0.372 e. The van der Waals surface area contributed by atoms with Gasteiger partial charge in [-0.15, -0.1) is 0 Å². The Bertz CT molecular complexity index is 1280. The van der Waals surface area contributed by atoms with Gasteiger partial charge in [-0.25, -0.2) is 9.97 Å². The van der Waals surface area contributed by atoms with Gasteiger partial charge < -0.3 is 19.5 Å². The van der Waals surface area contributed by atoms with Crippen molar-refractivity contribution >= 4 is 29.2 Å². The third-order valence-electron chi connectivity index (χ3n) is 7.26. The largest absolute Gasteiger partial charge is 0.416 e. The Kier molecular flexibility index (Phi) is 6.59. The lowest BCUT2D eigenvalue weighted by Gasteiger charge is -2.38. The molecule has 1 saturated carbocycles. The van der Waals surface area contributed by atoms with Gasteiger partial charge in [0.2, 0.25) is 5.95 Å². The Hall–Kier alpha value is -3.21. The Morgan fingerprint density at radius 2 is 1.92 bits per heavy atom. The van der Waals surface area contributed by atoms with Gasteiger partial charge in [-0.2, -0.15) is 18.2 Å². The first-order chi connectivity index (χ1) is 17.5. The highest BCUT2D eigenvalue weighted by Crippen LogP contribution is 2.35. The molecule has 2 fully saturated rings. The molecule has 198 valence electrons. The van der Waals surface area contributed by atoms with Crippen LogP contribution in [0.1, 0.15) is 61.8 Å². The number of nitrogens with one attached hydrogen (secondary N) is 1. The van der Waals surface area contributed by atoms with E-state index < -0.39 is 17.3 Å². The number of imidazole rings is 1. The van der Waals surface area contributed by atoms with Gasteiger partial charge in [0.25, 0.3) is 0 Å². The standard InChI is InChI=1S/C26H31F3N6O2/c1-16(18-5-4-6-18)30-22-21-23(32-20(14-36)31-22)33-24(34-11-12-37-25(2,3)15-34)35(21)13-17-7-9-19(10-8-17)26(27,28)29/h7-10,14,16,18H,4-6,11-13,15H2,1-3H3,(H,30,31,32)/t16-/m1/s1. The lowest BCUT2D eigenvalue weighted by molar-refractivity contribution is -0.137. The van der Waals surface area contributed by atoms with Gasteiger partial charge in [0.15, 0.2) is 23.6 Å². The SMILES string of the molecule is C[C@@H](Nc1nc(C=O)nc2nc(N3CCOC(C)(C)C3)n(Cc3ccc(C(F)(F)F)cc3)c12)C1CCC1. The van der Waals surface area contributed by atoms with Crippen LogP contribution in [0.2, 0.25) is 0 Å². The Morgan fingerprint density at radius 3 is 2.51 bits per heavy atom. The molecule has 1 atom stereocenters. The Labute approximate surface area is 213 Å². The van der Waals surface area contributed by atoms with Crippen LogP contribution in [0.4, 0.5) is 24.9 Å². The third kappa shape index (κ3) is 5.27. The van der Waals surface area contributed by atoms with E-state index in [1.165, 1.54) is 18.6 Å². The van der Waals surface area contributed by atoms with E-state index in [9.17, 15) is 18.0 Å². The molecule has 0 spiro atoms. The fraction of sp³-hybridized carbons (Fsp3) is 0.538. The summed E-state index contributed by atoms with van der Waals surface area (Å²) in [7, 11) is 0. The number of anilines is 2. The zero-order chi connectivity index (χ0) is 26.4. The predicted molar refractivity (Wildman–Crippen MR) is 134 cm³/mol. The van der Waals surface area contributed by atoms with E-state index in [0.29, 0.717) is 60.4 Å². The van der Waals surface area contributed by atoms with E-state index in [2.05, 4.69) is 27.1 Å². The quantitative estimate of drug-likeness (QED) is 0.446. The lowest BCUT2D eigenvalue weighted by atomic mass is 9.80. The average Bonchev–Trinajstić information content (AvgIpc) is 3.15. The van der Waals surface area contributed by atoms with Gasteiger partial charge >= 0.3 is 6.18 Å². The molecule has 8 nitrogen and oxygen atoms in total. The van der Waals surface area contributed by atoms with E-state index >= 15 is 0 Å². The van der Waals surface area contributed by atoms with Gasteiger partial charge in [-0.05, 0) is 57.2 Å². The minimum atomic E-state index is -4.40. The molecule has 5 rings (SSSR count). The second-order valence-corrected chi connectivity index (χ2v) is 10.6. The van der Waals surface area contributed by atoms with Gasteiger partial charge in [0, 0.05) is 19.1 Å². The number of aldehydes is 1. The zero-order valence-corrected chi connectivity index (χ0v) is 21.2. The van der Waals surface area contributed by atoms with Gasteiger partial charge in [-0.3, -0.25) is 4.79 Å². The smallest absolute Gasteiger partial charge is 0.372 e. The molecular formula is C26H31F3N6O2. The lowest BCUT2D eigenvalue weighted by Crippen LogP contribution is -2.49. The first kappa shape index (κ1) is 25.4. The second-order valence-electron chi connectivity index (χ2n) is 10.6. The summed E-state index contributed by atoms with van der Waals surface area (Å²) >= 11 is 0. The summed E-state index contributed by atoms with van der Waals surface area (Å²) in [4.78, 5) is 27.4. The summed E-state index contributed by atoms with van der Waals surface area (Å²) < 4.78 is 47.2. The number of rotatable bonds is 7. The van der Waals surface area contributed by atoms with Crippen LogP contribution in [0.15, 0.2) is 24.3 Å². The summed E-state index contributed by atoms with van der Waals surface area (Å²) in [5.74, 6) is 1.66. The first-order valence-electron chi connectivity index (χ1n) is 12.6. The molecule has 2 aliphatic rings. The van der Waals surface area contributed by atoms with E-state index in [-0.39, 0.29) is 18.4 Å². The van der Waals surface area contributed by atoms with Crippen molar-refractivity contribution in [3.63, 3.8) is 0 Å². The molecule has 3 aromatic rings. The molecule has 0 bridgehead atoms. The molecule has 1 N–H and O–H groups in total. The minimum absolute atomic E-state index is 0.0313. The highest BCUT2D eigenvalue weighted by atomic mass is 19.4. The number of halogens is 3. The van der Waals surface area contributed by atoms with Gasteiger partial charge in [0.05, 0.1) is 24.3 Å². The highest BCUT2D eigenvalue weighted by Gasteiger charge is 2.33. The van der Waals surface area contributed by atoms with Crippen LogP contribution < -0.4 is 10.2 Å². The summed E-state index contributed by atoms with van der Waals surface area (Å²) in [5.41, 5.74) is 0.563. The molecule has 1 aliphatic heterocycles. The van der Waals surface area contributed by atoms with Crippen LogP contribution in [0.3, 0.4) is 0 Å². The van der Waals surface area contributed by atoms with Gasteiger partial charge in [-0.1, -0.05) is 18.6 Å². The van der Waals surface area contributed by atoms with Crippen LogP contribution >= 0.6 is 0 Å². The van der Waals surface area contributed by atoms with Crippen LogP contribution in [0.25, 0.3) is 11.2 Å². The molecule has 3 heterocycles. The van der Waals surface area contributed by atoms with Crippen LogP contribution in [-0.2, 0) is 17.5 Å². The van der Waals surface area contributed by atoms with E-state index in [0.717, 1.165) is 25.0 Å². The average molecular weight is 517 g/mol. The third-order valence-corrected chi connectivity index (χ3v) is 7.26. The molecule has 1 saturated heterocycles. The summed E-state index contributed by atoms with van der Waals surface area (Å²) in [5, 5.41) is 3.49. The van der Waals surface area contributed by atoms with Crippen molar-refractivity contribution in [2.75, 3.05) is 29.9 Å². The summed E-state index contributed by atoms with van der Waals surface area (Å²) in [6, 6.07) is 5.26. The molecule has 37 heavy (non-hydrogen) atoms. The van der Waals surface area contributed by atoms with Crippen molar-refractivity contribution in [1.82, 2.24) is 19.5 Å². The maximum absolute atomic E-state index is 13.1. The number of aromatic nitrogens is 4. The molecule has 1 aliphatic carbocycles. The number of ether oxygens (including phenoxy) is 1. The van der Waals surface area contributed by atoms with Gasteiger partial charge in [0.1, 0.15) is 5.52 Å². The number of alkyl halides is 3. The highest BCUT2D eigenvalue weighted by molar-refractivity contribution is 5.88. The van der Waals surface area contributed by atoms with Crippen LogP contribution in [-0.4, -0.2) is 57.1 Å².